The van der Waals surface area contributed by atoms with Crippen LogP contribution in [-0.4, -0.2) is 22.5 Å². The predicted octanol–water partition coefficient (Wildman–Crippen LogP) is 3.93. The van der Waals surface area contributed by atoms with Gasteiger partial charge in [0.25, 0.3) is 0 Å². The first-order valence-corrected chi connectivity index (χ1v) is 7.68. The Labute approximate surface area is 112 Å². The highest BCUT2D eigenvalue weighted by Crippen LogP contribution is 2.42. The monoisotopic (exact) mass is 258 g/mol. The van der Waals surface area contributed by atoms with Gasteiger partial charge in [-0.05, 0) is 30.6 Å². The number of thioether (sulfide) groups is 1. The van der Waals surface area contributed by atoms with Gasteiger partial charge in [-0.25, -0.2) is 4.98 Å². The van der Waals surface area contributed by atoms with Gasteiger partial charge in [-0.3, -0.25) is 0 Å². The lowest BCUT2D eigenvalue weighted by Crippen LogP contribution is -2.40. The van der Waals surface area contributed by atoms with Crippen molar-refractivity contribution in [3.63, 3.8) is 0 Å². The van der Waals surface area contributed by atoms with Crippen molar-refractivity contribution in [3.8, 4) is 0 Å². The van der Waals surface area contributed by atoms with Crippen LogP contribution >= 0.6 is 11.8 Å². The largest absolute Gasteiger partial charge is 0.368 e. The standard InChI is InChI=1S/C15H18N2S/c1-18-15(8-4-9-15)11-17-14-13-6-3-2-5-12(13)7-10-16-14/h2-3,5-7,10H,4,8-9,11H2,1H3,(H,16,17). The van der Waals surface area contributed by atoms with Crippen molar-refractivity contribution < 1.29 is 0 Å². The molecule has 2 nitrogen and oxygen atoms in total. The number of aromatic nitrogens is 1. The molecule has 18 heavy (non-hydrogen) atoms. The number of hydrogen-bond acceptors (Lipinski definition) is 3. The number of anilines is 1. The third-order valence-corrected chi connectivity index (χ3v) is 5.37. The molecule has 0 unspecified atom stereocenters. The molecule has 3 rings (SSSR count). The third kappa shape index (κ3) is 2.07. The van der Waals surface area contributed by atoms with Crippen LogP contribution in [0.3, 0.4) is 0 Å². The highest BCUT2D eigenvalue weighted by molar-refractivity contribution is 8.00. The first kappa shape index (κ1) is 11.8. The molecule has 3 heteroatoms. The van der Waals surface area contributed by atoms with Gasteiger partial charge >= 0.3 is 0 Å². The summed E-state index contributed by atoms with van der Waals surface area (Å²) in [6.07, 6.45) is 8.12. The Morgan fingerprint density at radius 3 is 2.83 bits per heavy atom. The molecular formula is C15H18N2S. The molecule has 1 aliphatic rings. The fourth-order valence-electron chi connectivity index (χ4n) is 2.53. The number of hydrogen-bond donors (Lipinski definition) is 1. The zero-order chi connectivity index (χ0) is 12.4. The van der Waals surface area contributed by atoms with Crippen LogP contribution in [0.2, 0.25) is 0 Å². The smallest absolute Gasteiger partial charge is 0.133 e. The molecule has 1 fully saturated rings. The Bertz CT molecular complexity index is 538. The molecule has 1 aromatic carbocycles. The van der Waals surface area contributed by atoms with Crippen molar-refractivity contribution in [2.75, 3.05) is 18.1 Å². The summed E-state index contributed by atoms with van der Waals surface area (Å²) in [7, 11) is 0. The molecule has 0 saturated heterocycles. The van der Waals surface area contributed by atoms with Crippen LogP contribution in [0.15, 0.2) is 36.5 Å². The fourth-order valence-corrected chi connectivity index (χ4v) is 3.44. The molecule has 94 valence electrons. The molecule has 1 heterocycles. The fraction of sp³-hybridized carbons (Fsp3) is 0.400. The zero-order valence-electron chi connectivity index (χ0n) is 10.6. The van der Waals surface area contributed by atoms with Crippen LogP contribution < -0.4 is 5.32 Å². The summed E-state index contributed by atoms with van der Waals surface area (Å²) in [5, 5.41) is 6.02. The summed E-state index contributed by atoms with van der Waals surface area (Å²) in [6.45, 7) is 1.02. The highest BCUT2D eigenvalue weighted by Gasteiger charge is 2.35. The van der Waals surface area contributed by atoms with Crippen LogP contribution in [0, 0.1) is 0 Å². The minimum Gasteiger partial charge on any atom is -0.368 e. The van der Waals surface area contributed by atoms with E-state index in [1.807, 2.05) is 18.0 Å². The second kappa shape index (κ2) is 4.81. The lowest BCUT2D eigenvalue weighted by atomic mass is 9.84. The van der Waals surface area contributed by atoms with Gasteiger partial charge in [0.1, 0.15) is 5.82 Å². The summed E-state index contributed by atoms with van der Waals surface area (Å²) in [5.74, 6) is 1.02. The Hall–Kier alpha value is -1.22. The first-order chi connectivity index (χ1) is 8.83. The molecule has 1 aromatic heterocycles. The third-order valence-electron chi connectivity index (χ3n) is 3.95. The minimum absolute atomic E-state index is 0.443. The molecule has 2 aromatic rings. The zero-order valence-corrected chi connectivity index (χ0v) is 11.5. The molecule has 1 saturated carbocycles. The Balaban J connectivity index is 1.82. The van der Waals surface area contributed by atoms with Crippen molar-refractivity contribution >= 4 is 28.4 Å². The van der Waals surface area contributed by atoms with Gasteiger partial charge in [-0.2, -0.15) is 11.8 Å². The molecule has 1 N–H and O–H groups in total. The lowest BCUT2D eigenvalue weighted by molar-refractivity contribution is 0.380. The Kier molecular flexibility index (Phi) is 3.16. The molecule has 1 aliphatic carbocycles. The quantitative estimate of drug-likeness (QED) is 0.899. The number of fused-ring (bicyclic) bond motifs is 1. The number of pyridine rings is 1. The summed E-state index contributed by atoms with van der Waals surface area (Å²) in [4.78, 5) is 4.48. The Morgan fingerprint density at radius 1 is 1.28 bits per heavy atom. The van der Waals surface area contributed by atoms with Crippen LogP contribution in [0.1, 0.15) is 19.3 Å². The number of rotatable bonds is 4. The van der Waals surface area contributed by atoms with E-state index in [9.17, 15) is 0 Å². The van der Waals surface area contributed by atoms with Crippen LogP contribution in [0.4, 0.5) is 5.82 Å². The van der Waals surface area contributed by atoms with E-state index in [2.05, 4.69) is 46.9 Å². The molecule has 0 bridgehead atoms. The van der Waals surface area contributed by atoms with E-state index < -0.39 is 0 Å². The van der Waals surface area contributed by atoms with Crippen molar-refractivity contribution in [1.29, 1.82) is 0 Å². The van der Waals surface area contributed by atoms with Gasteiger partial charge in [0, 0.05) is 22.9 Å². The van der Waals surface area contributed by atoms with Crippen LogP contribution in [0.25, 0.3) is 10.8 Å². The van der Waals surface area contributed by atoms with Crippen molar-refractivity contribution in [1.82, 2.24) is 4.98 Å². The maximum atomic E-state index is 4.48. The van der Waals surface area contributed by atoms with E-state index in [0.717, 1.165) is 12.4 Å². The van der Waals surface area contributed by atoms with Gasteiger partial charge in [-0.15, -0.1) is 0 Å². The van der Waals surface area contributed by atoms with Gasteiger partial charge in [-0.1, -0.05) is 30.7 Å². The van der Waals surface area contributed by atoms with E-state index >= 15 is 0 Å². The van der Waals surface area contributed by atoms with Crippen molar-refractivity contribution in [2.24, 2.45) is 0 Å². The number of benzene rings is 1. The SMILES string of the molecule is CSC1(CNc2nccc3ccccc23)CCC1. The molecule has 0 atom stereocenters. The van der Waals surface area contributed by atoms with Gasteiger partial charge in [0.05, 0.1) is 0 Å². The highest BCUT2D eigenvalue weighted by atomic mass is 32.2. The molecule has 0 aliphatic heterocycles. The second-order valence-corrected chi connectivity index (χ2v) is 6.25. The van der Waals surface area contributed by atoms with Crippen molar-refractivity contribution in [3.05, 3.63) is 36.5 Å². The lowest BCUT2D eigenvalue weighted by Gasteiger charge is -2.40. The summed E-state index contributed by atoms with van der Waals surface area (Å²) in [5.41, 5.74) is 0. The maximum Gasteiger partial charge on any atom is 0.133 e. The summed E-state index contributed by atoms with van der Waals surface area (Å²) in [6, 6.07) is 10.5. The average Bonchev–Trinajstić information content (AvgIpc) is 2.38. The maximum absolute atomic E-state index is 4.48. The summed E-state index contributed by atoms with van der Waals surface area (Å²) >= 11 is 1.99. The molecule has 0 amide bonds. The van der Waals surface area contributed by atoms with Gasteiger partial charge in [0.15, 0.2) is 0 Å². The van der Waals surface area contributed by atoms with E-state index in [-0.39, 0.29) is 0 Å². The van der Waals surface area contributed by atoms with Gasteiger partial charge in [0.2, 0.25) is 0 Å². The molecular weight excluding hydrogens is 240 g/mol. The minimum atomic E-state index is 0.443. The topological polar surface area (TPSA) is 24.9 Å². The number of nitrogens with zero attached hydrogens (tertiary/aromatic N) is 1. The number of nitrogens with one attached hydrogen (secondary N) is 1. The van der Waals surface area contributed by atoms with Gasteiger partial charge < -0.3 is 5.32 Å². The first-order valence-electron chi connectivity index (χ1n) is 6.46. The Morgan fingerprint density at radius 2 is 2.11 bits per heavy atom. The van der Waals surface area contributed by atoms with Crippen LogP contribution in [0.5, 0.6) is 0 Å². The van der Waals surface area contributed by atoms with Crippen LogP contribution in [-0.2, 0) is 0 Å². The molecule has 0 spiro atoms. The van der Waals surface area contributed by atoms with E-state index in [4.69, 9.17) is 0 Å². The molecule has 0 radical (unpaired) electrons. The van der Waals surface area contributed by atoms with Crippen molar-refractivity contribution in [2.45, 2.75) is 24.0 Å². The van der Waals surface area contributed by atoms with E-state index in [1.165, 1.54) is 30.0 Å². The predicted molar refractivity (Wildman–Crippen MR) is 80.3 cm³/mol. The normalized spacial score (nSPS) is 17.4. The average molecular weight is 258 g/mol. The van der Waals surface area contributed by atoms with E-state index in [1.54, 1.807) is 0 Å². The summed E-state index contributed by atoms with van der Waals surface area (Å²) < 4.78 is 0.443. The van der Waals surface area contributed by atoms with E-state index in [0.29, 0.717) is 4.75 Å². The second-order valence-electron chi connectivity index (χ2n) is 4.97.